The van der Waals surface area contributed by atoms with Gasteiger partial charge < -0.3 is 24.7 Å². The van der Waals surface area contributed by atoms with E-state index in [1.807, 2.05) is 11.0 Å². The third kappa shape index (κ3) is 3.15. The van der Waals surface area contributed by atoms with E-state index in [0.717, 1.165) is 24.1 Å². The minimum Gasteiger partial charge on any atom is -0.497 e. The number of hydrogen-bond donors (Lipinski definition) is 2. The van der Waals surface area contributed by atoms with Crippen LogP contribution in [0.4, 0.5) is 10.5 Å². The predicted molar refractivity (Wildman–Crippen MR) is 110 cm³/mol. The molecule has 0 saturated heterocycles. The van der Waals surface area contributed by atoms with Crippen LogP contribution in [-0.2, 0) is 6.42 Å². The largest absolute Gasteiger partial charge is 0.497 e. The third-order valence-corrected chi connectivity index (χ3v) is 5.41. The van der Waals surface area contributed by atoms with Gasteiger partial charge in [-0.1, -0.05) is 25.1 Å². The number of anilines is 1. The van der Waals surface area contributed by atoms with Crippen LogP contribution < -0.4 is 14.8 Å². The summed E-state index contributed by atoms with van der Waals surface area (Å²) in [6, 6.07) is 13.6. The Bertz CT molecular complexity index is 989. The quantitative estimate of drug-likeness (QED) is 0.689. The van der Waals surface area contributed by atoms with Gasteiger partial charge in [0, 0.05) is 47.0 Å². The van der Waals surface area contributed by atoms with Gasteiger partial charge >= 0.3 is 6.03 Å². The van der Waals surface area contributed by atoms with E-state index in [0.29, 0.717) is 23.7 Å². The summed E-state index contributed by atoms with van der Waals surface area (Å²) >= 11 is 0. The number of fused-ring (bicyclic) bond motifs is 3. The molecule has 2 aromatic carbocycles. The summed E-state index contributed by atoms with van der Waals surface area (Å²) in [6.45, 7) is 2.79. The first-order valence-corrected chi connectivity index (χ1v) is 9.54. The van der Waals surface area contributed by atoms with Crippen LogP contribution in [0, 0.1) is 0 Å². The highest BCUT2D eigenvalue weighted by Crippen LogP contribution is 2.36. The van der Waals surface area contributed by atoms with E-state index in [1.54, 1.807) is 32.4 Å². The minimum absolute atomic E-state index is 0.0173. The fourth-order valence-electron chi connectivity index (χ4n) is 4.06. The van der Waals surface area contributed by atoms with Crippen molar-refractivity contribution >= 4 is 22.6 Å². The molecule has 6 nitrogen and oxygen atoms in total. The van der Waals surface area contributed by atoms with Crippen molar-refractivity contribution in [1.82, 2.24) is 9.88 Å². The molecule has 0 aliphatic carbocycles. The second-order valence-corrected chi connectivity index (χ2v) is 6.96. The van der Waals surface area contributed by atoms with Gasteiger partial charge in [0.1, 0.15) is 11.5 Å². The number of carbonyl (C=O) groups is 1. The van der Waals surface area contributed by atoms with E-state index in [9.17, 15) is 4.79 Å². The highest BCUT2D eigenvalue weighted by Gasteiger charge is 2.32. The van der Waals surface area contributed by atoms with Gasteiger partial charge in [-0.25, -0.2) is 4.79 Å². The van der Waals surface area contributed by atoms with Crippen molar-refractivity contribution in [2.24, 2.45) is 0 Å². The molecule has 1 unspecified atom stereocenters. The van der Waals surface area contributed by atoms with Crippen molar-refractivity contribution in [3.05, 3.63) is 53.7 Å². The van der Waals surface area contributed by atoms with E-state index in [-0.39, 0.29) is 12.1 Å². The Labute approximate surface area is 164 Å². The summed E-state index contributed by atoms with van der Waals surface area (Å²) in [6.07, 6.45) is 1.68. The second-order valence-electron chi connectivity index (χ2n) is 6.96. The average Bonchev–Trinajstić information content (AvgIpc) is 3.11. The number of aromatic amines is 1. The van der Waals surface area contributed by atoms with Crippen molar-refractivity contribution < 1.29 is 14.3 Å². The Morgan fingerprint density at radius 2 is 1.89 bits per heavy atom. The summed E-state index contributed by atoms with van der Waals surface area (Å²) in [5.74, 6) is 1.27. The third-order valence-electron chi connectivity index (χ3n) is 5.41. The molecule has 28 heavy (non-hydrogen) atoms. The number of ether oxygens (including phenoxy) is 2. The van der Waals surface area contributed by atoms with E-state index >= 15 is 0 Å². The van der Waals surface area contributed by atoms with Gasteiger partial charge in [0.2, 0.25) is 0 Å². The standard InChI is InChI=1S/C22H25N3O3/c1-4-20-21-18(17-7-5-6-8-19(17)24-21)9-10-25(20)22(26)23-14-11-15(27-2)13-16(12-14)28-3/h5-8,11-13,20,24H,4,9-10H2,1-3H3,(H,23,26). The lowest BCUT2D eigenvalue weighted by atomic mass is 9.96. The summed E-state index contributed by atoms with van der Waals surface area (Å²) in [7, 11) is 3.19. The lowest BCUT2D eigenvalue weighted by Gasteiger charge is -2.35. The summed E-state index contributed by atoms with van der Waals surface area (Å²) in [5.41, 5.74) is 4.26. The van der Waals surface area contributed by atoms with E-state index < -0.39 is 0 Å². The number of amides is 2. The monoisotopic (exact) mass is 379 g/mol. The molecule has 0 spiro atoms. The molecule has 1 aliphatic rings. The number of rotatable bonds is 4. The maximum Gasteiger partial charge on any atom is 0.322 e. The van der Waals surface area contributed by atoms with Crippen molar-refractivity contribution in [3.8, 4) is 11.5 Å². The van der Waals surface area contributed by atoms with Gasteiger partial charge in [0.25, 0.3) is 0 Å². The number of urea groups is 1. The Balaban J connectivity index is 1.61. The van der Waals surface area contributed by atoms with Gasteiger partial charge in [-0.3, -0.25) is 0 Å². The Kier molecular flexibility index (Phi) is 4.86. The molecule has 1 aromatic heterocycles. The first-order valence-electron chi connectivity index (χ1n) is 9.54. The zero-order chi connectivity index (χ0) is 19.7. The molecule has 0 bridgehead atoms. The second kappa shape index (κ2) is 7.46. The van der Waals surface area contributed by atoms with Gasteiger partial charge in [0.15, 0.2) is 0 Å². The molecule has 4 rings (SSSR count). The number of para-hydroxylation sites is 1. The maximum absolute atomic E-state index is 13.1. The molecule has 3 aromatic rings. The van der Waals surface area contributed by atoms with Gasteiger partial charge in [-0.15, -0.1) is 0 Å². The number of hydrogen-bond acceptors (Lipinski definition) is 3. The van der Waals surface area contributed by atoms with Crippen LogP contribution in [0.3, 0.4) is 0 Å². The van der Waals surface area contributed by atoms with Crippen LogP contribution in [-0.4, -0.2) is 36.7 Å². The number of H-pyrrole nitrogens is 1. The molecule has 2 heterocycles. The molecule has 1 atom stereocenters. The number of nitrogens with zero attached hydrogens (tertiary/aromatic N) is 1. The van der Waals surface area contributed by atoms with Crippen LogP contribution in [0.5, 0.6) is 11.5 Å². The van der Waals surface area contributed by atoms with Crippen molar-refractivity contribution in [2.45, 2.75) is 25.8 Å². The van der Waals surface area contributed by atoms with Crippen molar-refractivity contribution in [1.29, 1.82) is 0 Å². The smallest absolute Gasteiger partial charge is 0.322 e. The minimum atomic E-state index is -0.119. The highest BCUT2D eigenvalue weighted by atomic mass is 16.5. The lowest BCUT2D eigenvalue weighted by molar-refractivity contribution is 0.179. The number of nitrogens with one attached hydrogen (secondary N) is 2. The first-order chi connectivity index (χ1) is 13.6. The van der Waals surface area contributed by atoms with Gasteiger partial charge in [-0.05, 0) is 24.5 Å². The normalized spacial score (nSPS) is 16.0. The molecule has 0 radical (unpaired) electrons. The van der Waals surface area contributed by atoms with Crippen LogP contribution in [0.25, 0.3) is 10.9 Å². The number of carbonyl (C=O) groups excluding carboxylic acids is 1. The number of aromatic nitrogens is 1. The summed E-state index contributed by atoms with van der Waals surface area (Å²) in [5, 5.41) is 4.26. The fourth-order valence-corrected chi connectivity index (χ4v) is 4.06. The maximum atomic E-state index is 13.1. The summed E-state index contributed by atoms with van der Waals surface area (Å²) < 4.78 is 10.6. The van der Waals surface area contributed by atoms with Crippen molar-refractivity contribution in [3.63, 3.8) is 0 Å². The number of benzene rings is 2. The lowest BCUT2D eigenvalue weighted by Crippen LogP contribution is -2.42. The Morgan fingerprint density at radius 1 is 1.18 bits per heavy atom. The molecular formula is C22H25N3O3. The Hall–Kier alpha value is -3.15. The molecular weight excluding hydrogens is 354 g/mol. The van der Waals surface area contributed by atoms with E-state index in [2.05, 4.69) is 35.4 Å². The molecule has 146 valence electrons. The zero-order valence-corrected chi connectivity index (χ0v) is 16.4. The molecule has 0 saturated carbocycles. The van der Waals surface area contributed by atoms with Crippen LogP contribution in [0.15, 0.2) is 42.5 Å². The molecule has 6 heteroatoms. The van der Waals surface area contributed by atoms with E-state index in [4.69, 9.17) is 9.47 Å². The first kappa shape index (κ1) is 18.2. The van der Waals surface area contributed by atoms with E-state index in [1.165, 1.54) is 10.9 Å². The van der Waals surface area contributed by atoms with Crippen LogP contribution in [0.2, 0.25) is 0 Å². The predicted octanol–water partition coefficient (Wildman–Crippen LogP) is 4.73. The zero-order valence-electron chi connectivity index (χ0n) is 16.4. The molecule has 0 fully saturated rings. The van der Waals surface area contributed by atoms with Crippen molar-refractivity contribution in [2.75, 3.05) is 26.1 Å². The van der Waals surface area contributed by atoms with Crippen LogP contribution in [0.1, 0.15) is 30.6 Å². The molecule has 1 aliphatic heterocycles. The Morgan fingerprint density at radius 3 is 2.57 bits per heavy atom. The molecule has 2 amide bonds. The number of methoxy groups -OCH3 is 2. The fraction of sp³-hybridized carbons (Fsp3) is 0.318. The van der Waals surface area contributed by atoms with Crippen LogP contribution >= 0.6 is 0 Å². The SMILES string of the molecule is CCC1c2[nH]c3ccccc3c2CCN1C(=O)Nc1cc(OC)cc(OC)c1. The average molecular weight is 379 g/mol. The molecule has 2 N–H and O–H groups in total. The van der Waals surface area contributed by atoms with Gasteiger partial charge in [-0.2, -0.15) is 0 Å². The highest BCUT2D eigenvalue weighted by molar-refractivity contribution is 5.91. The topological polar surface area (TPSA) is 66.6 Å². The van der Waals surface area contributed by atoms with Gasteiger partial charge in [0.05, 0.1) is 20.3 Å². The summed E-state index contributed by atoms with van der Waals surface area (Å²) in [4.78, 5) is 18.5.